The highest BCUT2D eigenvalue weighted by Gasteiger charge is 2.19. The average molecular weight is 447 g/mol. The highest BCUT2D eigenvalue weighted by atomic mass is 127. The van der Waals surface area contributed by atoms with Gasteiger partial charge in [0.05, 0.1) is 19.8 Å². The van der Waals surface area contributed by atoms with Crippen molar-refractivity contribution >= 4 is 44.3 Å². The van der Waals surface area contributed by atoms with Crippen LogP contribution < -0.4 is 9.47 Å². The number of carbonyl (C=O) groups excluding carboxylic acids is 1. The SMILES string of the molecule is COc1cc(Br)c(C(=O)c2ccc(I)cc2)c(OC)c1. The number of ketones is 1. The van der Waals surface area contributed by atoms with Crippen LogP contribution in [0, 0.1) is 3.57 Å². The van der Waals surface area contributed by atoms with Crippen LogP contribution in [0.5, 0.6) is 11.5 Å². The van der Waals surface area contributed by atoms with E-state index in [2.05, 4.69) is 38.5 Å². The van der Waals surface area contributed by atoms with E-state index in [0.717, 1.165) is 3.57 Å². The molecule has 0 amide bonds. The zero-order chi connectivity index (χ0) is 14.7. The number of rotatable bonds is 4. The second kappa shape index (κ2) is 6.58. The van der Waals surface area contributed by atoms with Gasteiger partial charge in [0, 0.05) is 19.7 Å². The molecule has 0 fully saturated rings. The quantitative estimate of drug-likeness (QED) is 0.518. The Morgan fingerprint density at radius 1 is 1.10 bits per heavy atom. The Morgan fingerprint density at radius 3 is 2.30 bits per heavy atom. The van der Waals surface area contributed by atoms with Crippen molar-refractivity contribution in [3.8, 4) is 11.5 Å². The number of hydrogen-bond acceptors (Lipinski definition) is 3. The topological polar surface area (TPSA) is 35.5 Å². The Labute approximate surface area is 139 Å². The number of methoxy groups -OCH3 is 2. The molecule has 0 aliphatic heterocycles. The van der Waals surface area contributed by atoms with E-state index in [0.29, 0.717) is 27.1 Å². The Balaban J connectivity index is 2.51. The number of halogens is 2. The summed E-state index contributed by atoms with van der Waals surface area (Å²) >= 11 is 5.61. The molecule has 0 unspecified atom stereocenters. The van der Waals surface area contributed by atoms with Crippen LogP contribution in [0.15, 0.2) is 40.9 Å². The van der Waals surface area contributed by atoms with Crippen LogP contribution in [0.25, 0.3) is 0 Å². The molecule has 2 aromatic rings. The third-order valence-corrected chi connectivity index (χ3v) is 4.16. The van der Waals surface area contributed by atoms with Crippen molar-refractivity contribution in [1.29, 1.82) is 0 Å². The predicted molar refractivity (Wildman–Crippen MR) is 89.8 cm³/mol. The standard InChI is InChI=1S/C15H12BrIO3/c1-19-11-7-12(16)14(13(8-11)20-2)15(18)9-3-5-10(17)6-4-9/h3-8H,1-2H3. The molecule has 0 N–H and O–H groups in total. The van der Waals surface area contributed by atoms with Crippen molar-refractivity contribution in [3.05, 3.63) is 55.6 Å². The first-order chi connectivity index (χ1) is 9.56. The van der Waals surface area contributed by atoms with Crippen molar-refractivity contribution in [2.75, 3.05) is 14.2 Å². The van der Waals surface area contributed by atoms with E-state index in [1.54, 1.807) is 31.4 Å². The molecule has 0 saturated heterocycles. The highest BCUT2D eigenvalue weighted by molar-refractivity contribution is 14.1. The molecule has 0 aliphatic carbocycles. The van der Waals surface area contributed by atoms with E-state index < -0.39 is 0 Å². The van der Waals surface area contributed by atoms with E-state index in [-0.39, 0.29) is 5.78 Å². The molecule has 5 heteroatoms. The van der Waals surface area contributed by atoms with Crippen LogP contribution in [0.1, 0.15) is 15.9 Å². The molecule has 0 bridgehead atoms. The lowest BCUT2D eigenvalue weighted by atomic mass is 10.0. The van der Waals surface area contributed by atoms with Crippen LogP contribution in [-0.2, 0) is 0 Å². The van der Waals surface area contributed by atoms with Crippen LogP contribution in [-0.4, -0.2) is 20.0 Å². The summed E-state index contributed by atoms with van der Waals surface area (Å²) in [4.78, 5) is 12.6. The molecule has 104 valence electrons. The van der Waals surface area contributed by atoms with E-state index in [9.17, 15) is 4.79 Å². The van der Waals surface area contributed by atoms with Gasteiger partial charge in [0.2, 0.25) is 0 Å². The van der Waals surface area contributed by atoms with Crippen molar-refractivity contribution in [2.45, 2.75) is 0 Å². The molecular formula is C15H12BrIO3. The molecule has 0 aromatic heterocycles. The fraction of sp³-hybridized carbons (Fsp3) is 0.133. The summed E-state index contributed by atoms with van der Waals surface area (Å²) in [7, 11) is 3.10. The summed E-state index contributed by atoms with van der Waals surface area (Å²) in [6.45, 7) is 0. The molecule has 3 nitrogen and oxygen atoms in total. The lowest BCUT2D eigenvalue weighted by Gasteiger charge is -2.12. The van der Waals surface area contributed by atoms with Gasteiger partial charge in [-0.1, -0.05) is 0 Å². The lowest BCUT2D eigenvalue weighted by molar-refractivity contribution is 0.103. The maximum Gasteiger partial charge on any atom is 0.197 e. The summed E-state index contributed by atoms with van der Waals surface area (Å²) in [6.07, 6.45) is 0. The molecule has 2 aromatic carbocycles. The largest absolute Gasteiger partial charge is 0.497 e. The Kier molecular flexibility index (Phi) is 5.04. The number of ether oxygens (including phenoxy) is 2. The molecule has 0 atom stereocenters. The second-order valence-electron chi connectivity index (χ2n) is 4.02. The molecular weight excluding hydrogens is 435 g/mol. The minimum Gasteiger partial charge on any atom is -0.497 e. The van der Waals surface area contributed by atoms with E-state index in [1.807, 2.05) is 12.1 Å². The third kappa shape index (κ3) is 3.15. The fourth-order valence-corrected chi connectivity index (χ4v) is 2.76. The first-order valence-corrected chi connectivity index (χ1v) is 7.65. The highest BCUT2D eigenvalue weighted by Crippen LogP contribution is 2.34. The monoisotopic (exact) mass is 446 g/mol. The maximum absolute atomic E-state index is 12.6. The van der Waals surface area contributed by atoms with Crippen molar-refractivity contribution in [3.63, 3.8) is 0 Å². The van der Waals surface area contributed by atoms with Crippen LogP contribution in [0.2, 0.25) is 0 Å². The van der Waals surface area contributed by atoms with E-state index >= 15 is 0 Å². The van der Waals surface area contributed by atoms with Crippen LogP contribution >= 0.6 is 38.5 Å². The van der Waals surface area contributed by atoms with E-state index in [1.165, 1.54) is 7.11 Å². The van der Waals surface area contributed by atoms with Crippen molar-refractivity contribution in [1.82, 2.24) is 0 Å². The first kappa shape index (κ1) is 15.3. The van der Waals surface area contributed by atoms with Gasteiger partial charge in [0.25, 0.3) is 0 Å². The molecule has 0 heterocycles. The molecule has 20 heavy (non-hydrogen) atoms. The third-order valence-electron chi connectivity index (χ3n) is 2.82. The van der Waals surface area contributed by atoms with Gasteiger partial charge >= 0.3 is 0 Å². The van der Waals surface area contributed by atoms with Gasteiger partial charge in [-0.3, -0.25) is 4.79 Å². The van der Waals surface area contributed by atoms with Crippen molar-refractivity contribution in [2.24, 2.45) is 0 Å². The van der Waals surface area contributed by atoms with Gasteiger partial charge in [-0.2, -0.15) is 0 Å². The first-order valence-electron chi connectivity index (χ1n) is 5.78. The van der Waals surface area contributed by atoms with Crippen LogP contribution in [0.4, 0.5) is 0 Å². The number of hydrogen-bond donors (Lipinski definition) is 0. The molecule has 0 radical (unpaired) electrons. The summed E-state index contributed by atoms with van der Waals surface area (Å²) in [5.74, 6) is 1.03. The zero-order valence-electron chi connectivity index (χ0n) is 10.9. The Morgan fingerprint density at radius 2 is 1.75 bits per heavy atom. The maximum atomic E-state index is 12.6. The molecule has 0 spiro atoms. The number of carbonyl (C=O) groups is 1. The van der Waals surface area contributed by atoms with Gasteiger partial charge in [-0.15, -0.1) is 0 Å². The second-order valence-corrected chi connectivity index (χ2v) is 6.12. The Hall–Kier alpha value is -1.08. The summed E-state index contributed by atoms with van der Waals surface area (Å²) in [6, 6.07) is 10.9. The molecule has 0 aliphatic rings. The van der Waals surface area contributed by atoms with Crippen molar-refractivity contribution < 1.29 is 14.3 Å². The van der Waals surface area contributed by atoms with Gasteiger partial charge in [0.1, 0.15) is 11.5 Å². The fourth-order valence-electron chi connectivity index (χ4n) is 1.80. The van der Waals surface area contributed by atoms with Gasteiger partial charge in [0.15, 0.2) is 5.78 Å². The summed E-state index contributed by atoms with van der Waals surface area (Å²) in [5.41, 5.74) is 1.11. The summed E-state index contributed by atoms with van der Waals surface area (Å²) < 4.78 is 12.2. The molecule has 0 saturated carbocycles. The molecule has 2 rings (SSSR count). The average Bonchev–Trinajstić information content (AvgIpc) is 2.46. The normalized spacial score (nSPS) is 10.2. The predicted octanol–water partition coefficient (Wildman–Crippen LogP) is 4.30. The summed E-state index contributed by atoms with van der Waals surface area (Å²) in [5, 5.41) is 0. The van der Waals surface area contributed by atoms with Gasteiger partial charge in [-0.25, -0.2) is 0 Å². The zero-order valence-corrected chi connectivity index (χ0v) is 14.7. The minimum atomic E-state index is -0.0900. The lowest BCUT2D eigenvalue weighted by Crippen LogP contribution is -2.05. The van der Waals surface area contributed by atoms with E-state index in [4.69, 9.17) is 9.47 Å². The minimum absolute atomic E-state index is 0.0900. The smallest absolute Gasteiger partial charge is 0.197 e. The van der Waals surface area contributed by atoms with Gasteiger partial charge in [-0.05, 0) is 68.9 Å². The number of benzene rings is 2. The Bertz CT molecular complexity index is 638. The van der Waals surface area contributed by atoms with Crippen LogP contribution in [0.3, 0.4) is 0 Å². The van der Waals surface area contributed by atoms with Gasteiger partial charge < -0.3 is 9.47 Å².